The summed E-state index contributed by atoms with van der Waals surface area (Å²) in [5, 5.41) is 0.626. The molecule has 1 aromatic carbocycles. The summed E-state index contributed by atoms with van der Waals surface area (Å²) in [6, 6.07) is 11.0. The van der Waals surface area contributed by atoms with E-state index in [1.54, 1.807) is 41.1 Å². The number of rotatable bonds is 2. The van der Waals surface area contributed by atoms with E-state index in [1.165, 1.54) is 24.4 Å². The molecule has 0 saturated heterocycles. The third-order valence-electron chi connectivity index (χ3n) is 4.46. The van der Waals surface area contributed by atoms with Gasteiger partial charge in [0.2, 0.25) is 5.95 Å². The minimum absolute atomic E-state index is 0.165. The Morgan fingerprint density at radius 3 is 2.68 bits per heavy atom. The van der Waals surface area contributed by atoms with Crippen LogP contribution in [0.15, 0.2) is 61.1 Å². The number of nitrogens with zero attached hydrogens (tertiary/aromatic N) is 5. The molecule has 0 fully saturated rings. The smallest absolute Gasteiger partial charge is 0.213 e. The van der Waals surface area contributed by atoms with Gasteiger partial charge in [-0.2, -0.15) is 4.39 Å². The van der Waals surface area contributed by atoms with Crippen LogP contribution in [-0.4, -0.2) is 24.3 Å². The molecule has 0 radical (unpaired) electrons. The summed E-state index contributed by atoms with van der Waals surface area (Å²) in [4.78, 5) is 16.6. The summed E-state index contributed by atoms with van der Waals surface area (Å²) >= 11 is 0. The number of imidazole rings is 1. The molecule has 5 rings (SSSR count). The Balaban J connectivity index is 1.90. The minimum atomic E-state index is -0.650. The fourth-order valence-corrected chi connectivity index (χ4v) is 3.29. The maximum absolute atomic E-state index is 14.7. The molecule has 136 valence electrons. The Labute approximate surface area is 157 Å². The summed E-state index contributed by atoms with van der Waals surface area (Å²) in [5.74, 6) is -0.961. The average molecular weight is 374 g/mol. The molecule has 0 aliphatic heterocycles. The van der Waals surface area contributed by atoms with E-state index < -0.39 is 11.8 Å². The lowest BCUT2D eigenvalue weighted by Crippen LogP contribution is -2.05. The first-order valence-corrected chi connectivity index (χ1v) is 8.42. The average Bonchev–Trinajstić information content (AvgIpc) is 3.18. The lowest BCUT2D eigenvalue weighted by Gasteiger charge is -2.14. The van der Waals surface area contributed by atoms with Crippen molar-refractivity contribution in [2.75, 3.05) is 5.73 Å². The Hall–Kier alpha value is -3.94. The zero-order valence-corrected chi connectivity index (χ0v) is 14.3. The van der Waals surface area contributed by atoms with Crippen LogP contribution in [0.1, 0.15) is 0 Å². The summed E-state index contributed by atoms with van der Waals surface area (Å²) in [6.45, 7) is 0. The molecule has 5 aromatic rings. The van der Waals surface area contributed by atoms with Crippen LogP contribution in [0.5, 0.6) is 0 Å². The van der Waals surface area contributed by atoms with Crippen molar-refractivity contribution in [3.63, 3.8) is 0 Å². The van der Waals surface area contributed by atoms with Gasteiger partial charge in [0, 0.05) is 29.5 Å². The van der Waals surface area contributed by atoms with E-state index in [0.717, 1.165) is 0 Å². The summed E-state index contributed by atoms with van der Waals surface area (Å²) in [5.41, 5.74) is 8.36. The molecule has 28 heavy (non-hydrogen) atoms. The van der Waals surface area contributed by atoms with Crippen LogP contribution in [0.2, 0.25) is 0 Å². The molecule has 8 heteroatoms. The van der Waals surface area contributed by atoms with Crippen molar-refractivity contribution < 1.29 is 8.78 Å². The number of fused-ring (bicyclic) bond motifs is 2. The van der Waals surface area contributed by atoms with Gasteiger partial charge < -0.3 is 5.73 Å². The second kappa shape index (κ2) is 6.05. The van der Waals surface area contributed by atoms with Gasteiger partial charge in [-0.15, -0.1) is 0 Å². The molecular formula is C20H12F2N6. The van der Waals surface area contributed by atoms with Gasteiger partial charge in [-0.25, -0.2) is 19.3 Å². The van der Waals surface area contributed by atoms with Crippen LogP contribution >= 0.6 is 0 Å². The number of pyridine rings is 2. The number of benzene rings is 1. The van der Waals surface area contributed by atoms with E-state index in [-0.39, 0.29) is 17.0 Å². The Kier molecular flexibility index (Phi) is 3.51. The number of hydrogen-bond donors (Lipinski definition) is 1. The maximum Gasteiger partial charge on any atom is 0.213 e. The maximum atomic E-state index is 14.7. The highest BCUT2D eigenvalue weighted by molar-refractivity contribution is 5.89. The molecule has 6 nitrogen and oxygen atoms in total. The van der Waals surface area contributed by atoms with Crippen molar-refractivity contribution in [1.82, 2.24) is 24.3 Å². The Morgan fingerprint density at radius 2 is 1.82 bits per heavy atom. The monoisotopic (exact) mass is 374 g/mol. The lowest BCUT2D eigenvalue weighted by atomic mass is 10.0. The van der Waals surface area contributed by atoms with Gasteiger partial charge in [0.25, 0.3) is 0 Å². The highest BCUT2D eigenvalue weighted by Gasteiger charge is 2.19. The molecule has 0 spiro atoms. The van der Waals surface area contributed by atoms with Gasteiger partial charge >= 0.3 is 0 Å². The molecule has 0 atom stereocenters. The molecule has 0 aliphatic carbocycles. The third-order valence-corrected chi connectivity index (χ3v) is 4.46. The fraction of sp³-hybridized carbons (Fsp3) is 0. The third kappa shape index (κ3) is 2.46. The zero-order chi connectivity index (χ0) is 19.3. The summed E-state index contributed by atoms with van der Waals surface area (Å²) < 4.78 is 30.2. The van der Waals surface area contributed by atoms with Crippen molar-refractivity contribution in [3.05, 3.63) is 72.8 Å². The van der Waals surface area contributed by atoms with Crippen LogP contribution in [-0.2, 0) is 0 Å². The van der Waals surface area contributed by atoms with Gasteiger partial charge in [0.1, 0.15) is 17.0 Å². The molecule has 0 unspecified atom stereocenters. The minimum Gasteiger partial charge on any atom is -0.381 e. The quantitative estimate of drug-likeness (QED) is 0.475. The van der Waals surface area contributed by atoms with Crippen LogP contribution in [0, 0.1) is 11.8 Å². The van der Waals surface area contributed by atoms with Crippen molar-refractivity contribution in [2.45, 2.75) is 0 Å². The van der Waals surface area contributed by atoms with Crippen molar-refractivity contribution >= 4 is 22.4 Å². The molecule has 0 saturated carbocycles. The zero-order valence-electron chi connectivity index (χ0n) is 14.3. The number of anilines is 1. The number of nitrogen functional groups attached to an aromatic ring is 1. The summed E-state index contributed by atoms with van der Waals surface area (Å²) in [6.07, 6.45) is 4.79. The van der Waals surface area contributed by atoms with Crippen LogP contribution < -0.4 is 5.73 Å². The number of aromatic nitrogens is 5. The molecule has 0 bridgehead atoms. The molecule has 4 heterocycles. The second-order valence-corrected chi connectivity index (χ2v) is 6.19. The van der Waals surface area contributed by atoms with Gasteiger partial charge in [0.15, 0.2) is 11.5 Å². The lowest BCUT2D eigenvalue weighted by molar-refractivity contribution is 0.585. The fourth-order valence-electron chi connectivity index (χ4n) is 3.29. The molecule has 2 N–H and O–H groups in total. The molecule has 4 aromatic heterocycles. The molecule has 0 amide bonds. The topological polar surface area (TPSA) is 82.0 Å². The molecular weight excluding hydrogens is 362 g/mol. The van der Waals surface area contributed by atoms with E-state index in [1.807, 2.05) is 0 Å². The van der Waals surface area contributed by atoms with Gasteiger partial charge in [-0.1, -0.05) is 12.1 Å². The van der Waals surface area contributed by atoms with E-state index in [2.05, 4.69) is 19.9 Å². The van der Waals surface area contributed by atoms with Gasteiger partial charge in [-0.05, 0) is 30.3 Å². The van der Waals surface area contributed by atoms with E-state index >= 15 is 0 Å². The van der Waals surface area contributed by atoms with Gasteiger partial charge in [-0.3, -0.25) is 9.38 Å². The number of nitrogens with two attached hydrogens (primary N) is 1. The SMILES string of the molecule is Nc1nc(-c2cccc(F)n2)c(-c2cc(F)c3ncccc3c2)n2ccnc12. The predicted molar refractivity (Wildman–Crippen MR) is 101 cm³/mol. The first-order valence-electron chi connectivity index (χ1n) is 8.42. The van der Waals surface area contributed by atoms with Crippen LogP contribution in [0.3, 0.4) is 0 Å². The first-order chi connectivity index (χ1) is 13.6. The Morgan fingerprint density at radius 1 is 0.929 bits per heavy atom. The standard InChI is InChI=1S/C20H12F2N6/c21-13-10-12(9-11-3-2-6-24-16(11)13)18-17(14-4-1-5-15(22)26-14)27-19(23)20-25-7-8-28(18)20/h1-10H,(H2,23,27). The molecule has 0 aliphatic rings. The predicted octanol–water partition coefficient (Wildman–Crippen LogP) is 3.87. The first kappa shape index (κ1) is 16.2. The van der Waals surface area contributed by atoms with Crippen LogP contribution in [0.4, 0.5) is 14.6 Å². The van der Waals surface area contributed by atoms with Crippen molar-refractivity contribution in [2.24, 2.45) is 0 Å². The Bertz CT molecular complexity index is 1360. The number of halogens is 2. The second-order valence-electron chi connectivity index (χ2n) is 6.19. The normalized spacial score (nSPS) is 11.4. The van der Waals surface area contributed by atoms with E-state index in [9.17, 15) is 8.78 Å². The van der Waals surface area contributed by atoms with Crippen molar-refractivity contribution in [3.8, 4) is 22.6 Å². The van der Waals surface area contributed by atoms with Crippen molar-refractivity contribution in [1.29, 1.82) is 0 Å². The highest BCUT2D eigenvalue weighted by atomic mass is 19.1. The highest BCUT2D eigenvalue weighted by Crippen LogP contribution is 2.34. The van der Waals surface area contributed by atoms with E-state index in [4.69, 9.17) is 5.73 Å². The van der Waals surface area contributed by atoms with Crippen LogP contribution in [0.25, 0.3) is 39.2 Å². The largest absolute Gasteiger partial charge is 0.381 e. The van der Waals surface area contributed by atoms with E-state index in [0.29, 0.717) is 28.0 Å². The summed E-state index contributed by atoms with van der Waals surface area (Å²) in [7, 11) is 0. The van der Waals surface area contributed by atoms with Gasteiger partial charge in [0.05, 0.1) is 11.4 Å². The number of hydrogen-bond acceptors (Lipinski definition) is 5.